The van der Waals surface area contributed by atoms with Crippen molar-refractivity contribution in [3.8, 4) is 5.75 Å². The quantitative estimate of drug-likeness (QED) is 0.636. The molecule has 0 fully saturated rings. The van der Waals surface area contributed by atoms with Gasteiger partial charge in [0.15, 0.2) is 0 Å². The van der Waals surface area contributed by atoms with Crippen LogP contribution in [-0.4, -0.2) is 22.1 Å². The zero-order chi connectivity index (χ0) is 15.4. The van der Waals surface area contributed by atoms with Crippen LogP contribution in [0.3, 0.4) is 0 Å². The van der Waals surface area contributed by atoms with Gasteiger partial charge in [-0.2, -0.15) is 0 Å². The first kappa shape index (κ1) is 13.9. The second-order valence-corrected chi connectivity index (χ2v) is 4.91. The molecule has 0 aliphatic heterocycles. The van der Waals surface area contributed by atoms with Gasteiger partial charge < -0.3 is 15.4 Å². The van der Waals surface area contributed by atoms with E-state index in [-0.39, 0.29) is 5.75 Å². The summed E-state index contributed by atoms with van der Waals surface area (Å²) in [5, 5.41) is 12.5. The van der Waals surface area contributed by atoms with Crippen LogP contribution < -0.4 is 5.32 Å². The number of phenolic OH excluding ortho intramolecular Hbond substituents is 1. The molecule has 0 unspecified atom stereocenters. The topological polar surface area (TPSA) is 60.9 Å². The molecule has 0 aliphatic carbocycles. The summed E-state index contributed by atoms with van der Waals surface area (Å²) in [7, 11) is 1.90. The van der Waals surface area contributed by atoms with E-state index in [1.165, 1.54) is 0 Å². The number of rotatable bonds is 4. The van der Waals surface area contributed by atoms with Crippen molar-refractivity contribution < 1.29 is 5.11 Å². The number of aromatic nitrogens is 2. The van der Waals surface area contributed by atoms with Gasteiger partial charge in [0.25, 0.3) is 0 Å². The van der Waals surface area contributed by atoms with Crippen molar-refractivity contribution in [1.82, 2.24) is 9.97 Å². The molecule has 0 atom stereocenters. The van der Waals surface area contributed by atoms with Gasteiger partial charge in [-0.05, 0) is 35.9 Å². The molecule has 3 rings (SSSR count). The Bertz CT molecular complexity index is 829. The Morgan fingerprint density at radius 2 is 1.82 bits per heavy atom. The number of benzene rings is 2. The van der Waals surface area contributed by atoms with Crippen LogP contribution in [0.2, 0.25) is 0 Å². The number of nitrogens with zero attached hydrogens (tertiary/aromatic N) is 1. The first-order chi connectivity index (χ1) is 10.7. The highest BCUT2D eigenvalue weighted by Gasteiger charge is 2.00. The number of allylic oxidation sites excluding steroid dienone is 2. The smallest absolute Gasteiger partial charge is 0.131 e. The number of phenols is 1. The summed E-state index contributed by atoms with van der Waals surface area (Å²) in [4.78, 5) is 7.58. The zero-order valence-corrected chi connectivity index (χ0v) is 12.2. The van der Waals surface area contributed by atoms with Gasteiger partial charge in [0.2, 0.25) is 0 Å². The van der Waals surface area contributed by atoms with Gasteiger partial charge in [-0.3, -0.25) is 0 Å². The Balaban J connectivity index is 1.70. The van der Waals surface area contributed by atoms with Gasteiger partial charge in [0.05, 0.1) is 11.0 Å². The minimum Gasteiger partial charge on any atom is -0.508 e. The molecule has 110 valence electrons. The summed E-state index contributed by atoms with van der Waals surface area (Å²) in [5.41, 5.74) is 3.90. The fourth-order valence-corrected chi connectivity index (χ4v) is 2.17. The first-order valence-corrected chi connectivity index (χ1v) is 7.06. The third kappa shape index (κ3) is 3.17. The van der Waals surface area contributed by atoms with Crippen molar-refractivity contribution in [3.05, 3.63) is 66.0 Å². The largest absolute Gasteiger partial charge is 0.508 e. The van der Waals surface area contributed by atoms with E-state index in [2.05, 4.69) is 27.4 Å². The minimum absolute atomic E-state index is 0.233. The van der Waals surface area contributed by atoms with E-state index in [0.29, 0.717) is 0 Å². The highest BCUT2D eigenvalue weighted by molar-refractivity contribution is 5.78. The summed E-state index contributed by atoms with van der Waals surface area (Å²) in [6, 6.07) is 13.3. The summed E-state index contributed by atoms with van der Waals surface area (Å²) in [6.07, 6.45) is 7.84. The molecule has 2 aromatic carbocycles. The van der Waals surface area contributed by atoms with Crippen molar-refractivity contribution in [2.24, 2.45) is 0 Å². The third-order valence-electron chi connectivity index (χ3n) is 3.34. The second kappa shape index (κ2) is 6.18. The predicted molar refractivity (Wildman–Crippen MR) is 91.8 cm³/mol. The molecule has 3 aromatic rings. The minimum atomic E-state index is 0.233. The van der Waals surface area contributed by atoms with Crippen LogP contribution >= 0.6 is 0 Å². The van der Waals surface area contributed by atoms with Crippen molar-refractivity contribution in [2.45, 2.75) is 0 Å². The van der Waals surface area contributed by atoms with Crippen molar-refractivity contribution in [1.29, 1.82) is 0 Å². The molecular formula is C18H17N3O. The molecule has 3 N–H and O–H groups in total. The SMILES string of the molecule is [11CH3]Nc1ccc(/C=C/C=C/c2nc3ccc(O)cc3[nH]2)cc1. The van der Waals surface area contributed by atoms with E-state index in [4.69, 9.17) is 0 Å². The van der Waals surface area contributed by atoms with Gasteiger partial charge >= 0.3 is 0 Å². The van der Waals surface area contributed by atoms with Gasteiger partial charge in [0, 0.05) is 18.8 Å². The molecule has 22 heavy (non-hydrogen) atoms. The van der Waals surface area contributed by atoms with Crippen LogP contribution in [0.15, 0.2) is 54.6 Å². The third-order valence-corrected chi connectivity index (χ3v) is 3.34. The van der Waals surface area contributed by atoms with Crippen LogP contribution in [0.4, 0.5) is 5.69 Å². The van der Waals surface area contributed by atoms with Crippen LogP contribution in [0.25, 0.3) is 23.2 Å². The number of H-pyrrole nitrogens is 1. The fourth-order valence-electron chi connectivity index (χ4n) is 2.17. The number of imidazole rings is 1. The maximum atomic E-state index is 9.44. The number of anilines is 1. The average Bonchev–Trinajstić information content (AvgIpc) is 2.94. The Morgan fingerprint density at radius 3 is 2.59 bits per heavy atom. The van der Waals surface area contributed by atoms with E-state index >= 15 is 0 Å². The highest BCUT2D eigenvalue weighted by Crippen LogP contribution is 2.18. The lowest BCUT2D eigenvalue weighted by Crippen LogP contribution is -1.86. The highest BCUT2D eigenvalue weighted by atomic mass is 16.3. The average molecular weight is 290 g/mol. The number of nitrogens with one attached hydrogen (secondary N) is 2. The van der Waals surface area contributed by atoms with Crippen molar-refractivity contribution >= 4 is 28.9 Å². The molecule has 0 bridgehead atoms. The number of hydrogen-bond donors (Lipinski definition) is 3. The molecule has 0 spiro atoms. The molecule has 0 radical (unpaired) electrons. The van der Waals surface area contributed by atoms with E-state index in [0.717, 1.165) is 28.1 Å². The monoisotopic (exact) mass is 290 g/mol. The lowest BCUT2D eigenvalue weighted by molar-refractivity contribution is 0.476. The van der Waals surface area contributed by atoms with Gasteiger partial charge in [-0.15, -0.1) is 0 Å². The van der Waals surface area contributed by atoms with Gasteiger partial charge in [0.1, 0.15) is 11.6 Å². The van der Waals surface area contributed by atoms with Crippen molar-refractivity contribution in [2.75, 3.05) is 12.4 Å². The van der Waals surface area contributed by atoms with E-state index in [1.807, 2.05) is 43.5 Å². The van der Waals surface area contributed by atoms with Crippen molar-refractivity contribution in [3.63, 3.8) is 0 Å². The standard InChI is InChI=1S/C18H17N3O/c1-19-14-8-6-13(7-9-14)4-2-3-5-18-20-16-11-10-15(22)12-17(16)21-18/h2-12,19,22H,1H3,(H,20,21)/b4-2+,5-3+/i1-1. The number of aromatic amines is 1. The lowest BCUT2D eigenvalue weighted by Gasteiger charge is -1.98. The number of aromatic hydroxyl groups is 1. The molecule has 1 heterocycles. The fraction of sp³-hybridized carbons (Fsp3) is 0.0556. The Kier molecular flexibility index (Phi) is 3.92. The maximum absolute atomic E-state index is 9.44. The second-order valence-electron chi connectivity index (χ2n) is 4.91. The Labute approximate surface area is 128 Å². The maximum Gasteiger partial charge on any atom is 0.131 e. The van der Waals surface area contributed by atoms with Crippen LogP contribution in [0, 0.1) is 0 Å². The summed E-state index contributed by atoms with van der Waals surface area (Å²) in [5.74, 6) is 0.993. The molecular weight excluding hydrogens is 273 g/mol. The molecule has 0 aliphatic rings. The zero-order valence-electron chi connectivity index (χ0n) is 12.2. The molecule has 0 amide bonds. The molecule has 0 saturated carbocycles. The Morgan fingerprint density at radius 1 is 1.05 bits per heavy atom. The number of fused-ring (bicyclic) bond motifs is 1. The van der Waals surface area contributed by atoms with Crippen LogP contribution in [-0.2, 0) is 0 Å². The normalized spacial score (nSPS) is 11.7. The number of hydrogen-bond acceptors (Lipinski definition) is 3. The first-order valence-electron chi connectivity index (χ1n) is 7.06. The lowest BCUT2D eigenvalue weighted by atomic mass is 10.2. The molecule has 0 saturated heterocycles. The Hall–Kier alpha value is -3.01. The van der Waals surface area contributed by atoms with Crippen LogP contribution in [0.5, 0.6) is 5.75 Å². The van der Waals surface area contributed by atoms with Gasteiger partial charge in [-0.1, -0.05) is 30.4 Å². The van der Waals surface area contributed by atoms with Gasteiger partial charge in [-0.25, -0.2) is 4.98 Å². The summed E-state index contributed by atoms with van der Waals surface area (Å²) < 4.78 is 0. The molecule has 4 heteroatoms. The van der Waals surface area contributed by atoms with E-state index < -0.39 is 0 Å². The van der Waals surface area contributed by atoms with E-state index in [1.54, 1.807) is 18.2 Å². The molecule has 4 nitrogen and oxygen atoms in total. The predicted octanol–water partition coefficient (Wildman–Crippen LogP) is 4.04. The summed E-state index contributed by atoms with van der Waals surface area (Å²) in [6.45, 7) is 0. The molecule has 1 aromatic heterocycles. The van der Waals surface area contributed by atoms with Crippen LogP contribution in [0.1, 0.15) is 11.4 Å². The summed E-state index contributed by atoms with van der Waals surface area (Å²) >= 11 is 0. The van der Waals surface area contributed by atoms with E-state index in [9.17, 15) is 5.11 Å².